The number of esters is 1. The van der Waals surface area contributed by atoms with Crippen LogP contribution >= 0.6 is 11.6 Å². The maximum atomic E-state index is 12.4. The number of hydrogen-bond donors (Lipinski definition) is 0. The van der Waals surface area contributed by atoms with Crippen molar-refractivity contribution in [3.05, 3.63) is 34.9 Å². The summed E-state index contributed by atoms with van der Waals surface area (Å²) in [6.45, 7) is 4.05. The highest BCUT2D eigenvalue weighted by Gasteiger charge is 2.38. The molecule has 1 aromatic carbocycles. The number of urea groups is 1. The molecule has 1 aliphatic heterocycles. The molecule has 8 heteroatoms. The SMILES string of the molecule is COC(=O)CN(Cc1ccccc1Cl)CN1CC(=O)N(C(C)C)C1=O. The van der Waals surface area contributed by atoms with Crippen LogP contribution in [0.3, 0.4) is 0 Å². The molecule has 1 saturated heterocycles. The lowest BCUT2D eigenvalue weighted by Gasteiger charge is -2.27. The van der Waals surface area contributed by atoms with Crippen molar-refractivity contribution in [3.63, 3.8) is 0 Å². The molecule has 0 unspecified atom stereocenters. The van der Waals surface area contributed by atoms with Gasteiger partial charge in [0.05, 0.1) is 20.3 Å². The van der Waals surface area contributed by atoms with Crippen LogP contribution in [0.25, 0.3) is 0 Å². The Morgan fingerprint density at radius 1 is 1.32 bits per heavy atom. The van der Waals surface area contributed by atoms with Crippen molar-refractivity contribution in [3.8, 4) is 0 Å². The average Bonchev–Trinajstić information content (AvgIpc) is 2.83. The van der Waals surface area contributed by atoms with Gasteiger partial charge in [-0.15, -0.1) is 0 Å². The van der Waals surface area contributed by atoms with E-state index in [1.165, 1.54) is 16.9 Å². The minimum Gasteiger partial charge on any atom is -0.468 e. The van der Waals surface area contributed by atoms with E-state index in [0.29, 0.717) is 11.6 Å². The molecule has 1 aromatic rings. The van der Waals surface area contributed by atoms with E-state index in [-0.39, 0.29) is 37.7 Å². The number of imide groups is 1. The highest BCUT2D eigenvalue weighted by atomic mass is 35.5. The van der Waals surface area contributed by atoms with Gasteiger partial charge in [0, 0.05) is 17.6 Å². The first-order valence-electron chi connectivity index (χ1n) is 7.97. The van der Waals surface area contributed by atoms with Crippen molar-refractivity contribution in [2.45, 2.75) is 26.4 Å². The molecule has 2 rings (SSSR count). The van der Waals surface area contributed by atoms with Crippen molar-refractivity contribution in [2.24, 2.45) is 0 Å². The molecule has 0 aromatic heterocycles. The van der Waals surface area contributed by atoms with Crippen molar-refractivity contribution in [1.29, 1.82) is 0 Å². The summed E-state index contributed by atoms with van der Waals surface area (Å²) in [6.07, 6.45) is 0. The second kappa shape index (κ2) is 8.31. The lowest BCUT2D eigenvalue weighted by atomic mass is 10.2. The van der Waals surface area contributed by atoms with Crippen molar-refractivity contribution in [2.75, 3.05) is 26.9 Å². The van der Waals surface area contributed by atoms with Crippen LogP contribution in [-0.4, -0.2) is 65.5 Å². The lowest BCUT2D eigenvalue weighted by molar-refractivity contribution is -0.142. The van der Waals surface area contributed by atoms with E-state index in [9.17, 15) is 14.4 Å². The van der Waals surface area contributed by atoms with E-state index in [0.717, 1.165) is 5.56 Å². The Kier molecular flexibility index (Phi) is 6.39. The van der Waals surface area contributed by atoms with Gasteiger partial charge in [-0.3, -0.25) is 19.4 Å². The molecule has 136 valence electrons. The number of ether oxygens (including phenoxy) is 1. The molecule has 0 atom stereocenters. The van der Waals surface area contributed by atoms with Gasteiger partial charge in [0.1, 0.15) is 6.54 Å². The minimum absolute atomic E-state index is 0.00277. The van der Waals surface area contributed by atoms with Gasteiger partial charge in [-0.05, 0) is 25.5 Å². The molecule has 0 spiro atoms. The number of benzene rings is 1. The number of hydrogen-bond acceptors (Lipinski definition) is 5. The van der Waals surface area contributed by atoms with E-state index in [4.69, 9.17) is 16.3 Å². The highest BCUT2D eigenvalue weighted by Crippen LogP contribution is 2.19. The van der Waals surface area contributed by atoms with Crippen LogP contribution in [0, 0.1) is 0 Å². The number of amides is 3. The fourth-order valence-electron chi connectivity index (χ4n) is 2.70. The van der Waals surface area contributed by atoms with Crippen LogP contribution in [0.4, 0.5) is 4.79 Å². The summed E-state index contributed by atoms with van der Waals surface area (Å²) in [6, 6.07) is 6.72. The Hall–Kier alpha value is -2.12. The number of carbonyl (C=O) groups is 3. The van der Waals surface area contributed by atoms with Crippen LogP contribution in [0.15, 0.2) is 24.3 Å². The molecule has 0 N–H and O–H groups in total. The molecule has 0 radical (unpaired) electrons. The third-order valence-electron chi connectivity index (χ3n) is 3.89. The minimum atomic E-state index is -0.425. The fourth-order valence-corrected chi connectivity index (χ4v) is 2.89. The second-order valence-electron chi connectivity index (χ2n) is 6.13. The number of rotatable bonds is 7. The zero-order chi connectivity index (χ0) is 18.6. The molecule has 0 saturated carbocycles. The second-order valence-corrected chi connectivity index (χ2v) is 6.54. The van der Waals surface area contributed by atoms with E-state index in [1.54, 1.807) is 24.8 Å². The molecule has 1 heterocycles. The summed E-state index contributed by atoms with van der Waals surface area (Å²) in [5.41, 5.74) is 0.826. The Labute approximate surface area is 152 Å². The van der Waals surface area contributed by atoms with Gasteiger partial charge >= 0.3 is 12.0 Å². The van der Waals surface area contributed by atoms with Crippen LogP contribution in [0.2, 0.25) is 5.02 Å². The monoisotopic (exact) mass is 367 g/mol. The predicted octanol–water partition coefficient (Wildman–Crippen LogP) is 1.95. The first kappa shape index (κ1) is 19.2. The Morgan fingerprint density at radius 2 is 2.00 bits per heavy atom. The fraction of sp³-hybridized carbons (Fsp3) is 0.471. The zero-order valence-corrected chi connectivity index (χ0v) is 15.3. The summed E-state index contributed by atoms with van der Waals surface area (Å²) in [4.78, 5) is 40.6. The van der Waals surface area contributed by atoms with Crippen LogP contribution in [0.5, 0.6) is 0 Å². The highest BCUT2D eigenvalue weighted by molar-refractivity contribution is 6.31. The third kappa shape index (κ3) is 4.70. The van der Waals surface area contributed by atoms with Gasteiger partial charge in [-0.1, -0.05) is 29.8 Å². The molecule has 0 bridgehead atoms. The van der Waals surface area contributed by atoms with Gasteiger partial charge in [0.25, 0.3) is 5.91 Å². The number of nitrogens with zero attached hydrogens (tertiary/aromatic N) is 3. The van der Waals surface area contributed by atoms with Crippen LogP contribution < -0.4 is 0 Å². The third-order valence-corrected chi connectivity index (χ3v) is 4.26. The Bertz CT molecular complexity index is 665. The average molecular weight is 368 g/mol. The smallest absolute Gasteiger partial charge is 0.328 e. The van der Waals surface area contributed by atoms with Crippen molar-refractivity contribution in [1.82, 2.24) is 14.7 Å². The van der Waals surface area contributed by atoms with Gasteiger partial charge in [0.15, 0.2) is 0 Å². The topological polar surface area (TPSA) is 70.2 Å². The Balaban J connectivity index is 2.14. The molecule has 7 nitrogen and oxygen atoms in total. The first-order chi connectivity index (χ1) is 11.8. The normalized spacial score (nSPS) is 14.8. The van der Waals surface area contributed by atoms with Crippen molar-refractivity contribution >= 4 is 29.5 Å². The lowest BCUT2D eigenvalue weighted by Crippen LogP contribution is -2.43. The summed E-state index contributed by atoms with van der Waals surface area (Å²) in [5, 5.41) is 0.574. The maximum Gasteiger partial charge on any atom is 0.328 e. The molecular formula is C17H22ClN3O4. The molecular weight excluding hydrogens is 346 g/mol. The molecule has 1 aliphatic rings. The zero-order valence-electron chi connectivity index (χ0n) is 14.6. The van der Waals surface area contributed by atoms with E-state index in [1.807, 2.05) is 18.2 Å². The van der Waals surface area contributed by atoms with E-state index >= 15 is 0 Å². The van der Waals surface area contributed by atoms with E-state index < -0.39 is 5.97 Å². The largest absolute Gasteiger partial charge is 0.468 e. The summed E-state index contributed by atoms with van der Waals surface area (Å²) >= 11 is 6.19. The summed E-state index contributed by atoms with van der Waals surface area (Å²) in [7, 11) is 1.31. The number of carbonyl (C=O) groups excluding carboxylic acids is 3. The standard InChI is InChI=1S/C17H22ClN3O4/c1-12(2)21-15(22)9-20(17(21)24)11-19(10-16(23)25-3)8-13-6-4-5-7-14(13)18/h4-7,12H,8-11H2,1-3H3. The maximum absolute atomic E-state index is 12.4. The quantitative estimate of drug-likeness (QED) is 0.544. The summed E-state index contributed by atoms with van der Waals surface area (Å²) < 4.78 is 4.73. The molecule has 3 amide bonds. The summed E-state index contributed by atoms with van der Waals surface area (Å²) in [5.74, 6) is -0.665. The van der Waals surface area contributed by atoms with Gasteiger partial charge in [-0.25, -0.2) is 4.79 Å². The van der Waals surface area contributed by atoms with E-state index in [2.05, 4.69) is 0 Å². The van der Waals surface area contributed by atoms with Crippen LogP contribution in [-0.2, 0) is 20.9 Å². The Morgan fingerprint density at radius 3 is 2.56 bits per heavy atom. The van der Waals surface area contributed by atoms with Gasteiger partial charge in [-0.2, -0.15) is 0 Å². The van der Waals surface area contributed by atoms with Gasteiger partial charge < -0.3 is 9.64 Å². The first-order valence-corrected chi connectivity index (χ1v) is 8.34. The number of halogens is 1. The number of methoxy groups -OCH3 is 1. The molecule has 25 heavy (non-hydrogen) atoms. The van der Waals surface area contributed by atoms with Crippen LogP contribution in [0.1, 0.15) is 19.4 Å². The molecule has 1 fully saturated rings. The van der Waals surface area contributed by atoms with Gasteiger partial charge in [0.2, 0.25) is 0 Å². The van der Waals surface area contributed by atoms with Crippen molar-refractivity contribution < 1.29 is 19.1 Å². The predicted molar refractivity (Wildman–Crippen MR) is 92.8 cm³/mol. The molecule has 0 aliphatic carbocycles.